The molecule has 2 atom stereocenters. The first-order valence-electron chi connectivity index (χ1n) is 4.03. The van der Waals surface area contributed by atoms with Crippen molar-refractivity contribution in [3.8, 4) is 0 Å². The van der Waals surface area contributed by atoms with Crippen LogP contribution in [0.4, 0.5) is 0 Å². The summed E-state index contributed by atoms with van der Waals surface area (Å²) < 4.78 is 5.42. The van der Waals surface area contributed by atoms with Crippen molar-refractivity contribution < 1.29 is 9.53 Å². The van der Waals surface area contributed by atoms with Gasteiger partial charge in [-0.1, -0.05) is 6.08 Å². The average molecular weight is 154 g/mol. The summed E-state index contributed by atoms with van der Waals surface area (Å²) >= 11 is 0. The Hall–Kier alpha value is -0.630. The number of ketones is 1. The summed E-state index contributed by atoms with van der Waals surface area (Å²) in [7, 11) is 0. The molecule has 0 aromatic heterocycles. The summed E-state index contributed by atoms with van der Waals surface area (Å²) in [6, 6.07) is 0. The average Bonchev–Trinajstić information content (AvgIpc) is 1.98. The van der Waals surface area contributed by atoms with Crippen molar-refractivity contribution in [3.05, 3.63) is 12.7 Å². The second-order valence-electron chi connectivity index (χ2n) is 2.96. The highest BCUT2D eigenvalue weighted by atomic mass is 16.5. The van der Waals surface area contributed by atoms with Crippen molar-refractivity contribution in [2.45, 2.75) is 38.4 Å². The minimum absolute atomic E-state index is 0.212. The van der Waals surface area contributed by atoms with Crippen molar-refractivity contribution in [1.82, 2.24) is 0 Å². The zero-order valence-electron chi connectivity index (χ0n) is 6.88. The fourth-order valence-electron chi connectivity index (χ4n) is 1.27. The molecule has 0 spiro atoms. The number of carbonyl (C=O) groups is 1. The Morgan fingerprint density at radius 2 is 2.55 bits per heavy atom. The first-order valence-corrected chi connectivity index (χ1v) is 4.03. The van der Waals surface area contributed by atoms with Crippen LogP contribution in [0.2, 0.25) is 0 Å². The molecule has 1 saturated heterocycles. The minimum atomic E-state index is -0.212. The van der Waals surface area contributed by atoms with Crippen LogP contribution in [-0.4, -0.2) is 18.0 Å². The van der Waals surface area contributed by atoms with E-state index >= 15 is 0 Å². The van der Waals surface area contributed by atoms with Crippen molar-refractivity contribution in [3.63, 3.8) is 0 Å². The van der Waals surface area contributed by atoms with E-state index in [1.54, 1.807) is 6.08 Å². The molecule has 1 fully saturated rings. The quantitative estimate of drug-likeness (QED) is 0.566. The predicted octanol–water partition coefficient (Wildman–Crippen LogP) is 1.70. The van der Waals surface area contributed by atoms with Crippen LogP contribution in [0.25, 0.3) is 0 Å². The molecule has 2 nitrogen and oxygen atoms in total. The highest BCUT2D eigenvalue weighted by Gasteiger charge is 2.25. The van der Waals surface area contributed by atoms with Gasteiger partial charge in [-0.25, -0.2) is 0 Å². The standard InChI is InChI=1S/C9H14O2/c1-3-4-9-8(10)6-5-7(2)11-9/h3,7,9H,1,4-6H2,2H3/t7-,9-/m1/s1. The first-order chi connectivity index (χ1) is 5.24. The lowest BCUT2D eigenvalue weighted by Gasteiger charge is -2.25. The lowest BCUT2D eigenvalue weighted by atomic mass is 10.0. The van der Waals surface area contributed by atoms with E-state index in [-0.39, 0.29) is 18.0 Å². The van der Waals surface area contributed by atoms with Gasteiger partial charge in [0.25, 0.3) is 0 Å². The van der Waals surface area contributed by atoms with Gasteiger partial charge < -0.3 is 4.74 Å². The Morgan fingerprint density at radius 3 is 3.18 bits per heavy atom. The first kappa shape index (κ1) is 8.47. The van der Waals surface area contributed by atoms with Gasteiger partial charge in [-0.3, -0.25) is 4.79 Å². The summed E-state index contributed by atoms with van der Waals surface area (Å²) in [5, 5.41) is 0. The molecule has 0 aliphatic carbocycles. The van der Waals surface area contributed by atoms with Crippen LogP contribution in [0.3, 0.4) is 0 Å². The molecule has 0 aromatic carbocycles. The monoisotopic (exact) mass is 154 g/mol. The fraction of sp³-hybridized carbons (Fsp3) is 0.667. The van der Waals surface area contributed by atoms with Gasteiger partial charge in [0.1, 0.15) is 6.10 Å². The van der Waals surface area contributed by atoms with Crippen molar-refractivity contribution >= 4 is 5.78 Å². The summed E-state index contributed by atoms with van der Waals surface area (Å²) in [5.74, 6) is 0.225. The normalized spacial score (nSPS) is 31.9. The van der Waals surface area contributed by atoms with Crippen molar-refractivity contribution in [2.75, 3.05) is 0 Å². The SMILES string of the molecule is C=CC[C@H]1O[C@H](C)CCC1=O. The van der Waals surface area contributed by atoms with Crippen molar-refractivity contribution in [1.29, 1.82) is 0 Å². The lowest BCUT2D eigenvalue weighted by molar-refractivity contribution is -0.140. The zero-order valence-corrected chi connectivity index (χ0v) is 6.88. The number of hydrogen-bond acceptors (Lipinski definition) is 2. The number of Topliss-reactive ketones (excluding diaryl/α,β-unsaturated/α-hetero) is 1. The van der Waals surface area contributed by atoms with E-state index in [0.29, 0.717) is 12.8 Å². The molecule has 1 heterocycles. The maximum Gasteiger partial charge on any atom is 0.161 e. The van der Waals surface area contributed by atoms with Gasteiger partial charge in [0.15, 0.2) is 5.78 Å². The van der Waals surface area contributed by atoms with Gasteiger partial charge >= 0.3 is 0 Å². The van der Waals surface area contributed by atoms with Gasteiger partial charge in [0, 0.05) is 6.42 Å². The molecule has 62 valence electrons. The summed E-state index contributed by atoms with van der Waals surface area (Å²) in [5.41, 5.74) is 0. The van der Waals surface area contributed by atoms with Crippen molar-refractivity contribution in [2.24, 2.45) is 0 Å². The van der Waals surface area contributed by atoms with Gasteiger partial charge in [0.2, 0.25) is 0 Å². The van der Waals surface area contributed by atoms with Crippen LogP contribution >= 0.6 is 0 Å². The van der Waals surface area contributed by atoms with Crippen LogP contribution in [0.5, 0.6) is 0 Å². The molecule has 0 N–H and O–H groups in total. The fourth-order valence-corrected chi connectivity index (χ4v) is 1.27. The smallest absolute Gasteiger partial charge is 0.161 e. The minimum Gasteiger partial charge on any atom is -0.367 e. The molecule has 0 bridgehead atoms. The van der Waals surface area contributed by atoms with E-state index in [2.05, 4.69) is 6.58 Å². The number of carbonyl (C=O) groups excluding carboxylic acids is 1. The maximum absolute atomic E-state index is 11.2. The van der Waals surface area contributed by atoms with Crippen LogP contribution in [-0.2, 0) is 9.53 Å². The molecule has 0 saturated carbocycles. The molecule has 2 heteroatoms. The molecule has 1 rings (SSSR count). The molecule has 1 aliphatic rings. The second-order valence-corrected chi connectivity index (χ2v) is 2.96. The summed E-state index contributed by atoms with van der Waals surface area (Å²) in [6.45, 7) is 5.58. The largest absolute Gasteiger partial charge is 0.367 e. The molecule has 0 aromatic rings. The zero-order chi connectivity index (χ0) is 8.27. The Bertz CT molecular complexity index is 163. The van der Waals surface area contributed by atoms with E-state index in [9.17, 15) is 4.79 Å². The van der Waals surface area contributed by atoms with E-state index in [1.807, 2.05) is 6.92 Å². The third-order valence-corrected chi connectivity index (χ3v) is 1.93. The second kappa shape index (κ2) is 3.67. The van der Waals surface area contributed by atoms with Crippen LogP contribution in [0.15, 0.2) is 12.7 Å². The predicted molar refractivity (Wildman–Crippen MR) is 43.4 cm³/mol. The molecule has 0 radical (unpaired) electrons. The van der Waals surface area contributed by atoms with Gasteiger partial charge in [-0.15, -0.1) is 6.58 Å². The molecule has 11 heavy (non-hydrogen) atoms. The third kappa shape index (κ3) is 2.15. The van der Waals surface area contributed by atoms with E-state index in [1.165, 1.54) is 0 Å². The maximum atomic E-state index is 11.2. The Balaban J connectivity index is 2.46. The van der Waals surface area contributed by atoms with Crippen LogP contribution in [0, 0.1) is 0 Å². The van der Waals surface area contributed by atoms with E-state index < -0.39 is 0 Å². The summed E-state index contributed by atoms with van der Waals surface area (Å²) in [4.78, 5) is 11.2. The molecule has 0 unspecified atom stereocenters. The Labute approximate surface area is 67.2 Å². The molecular weight excluding hydrogens is 140 g/mol. The molecule has 0 amide bonds. The van der Waals surface area contributed by atoms with E-state index in [4.69, 9.17) is 4.74 Å². The third-order valence-electron chi connectivity index (χ3n) is 1.93. The highest BCUT2D eigenvalue weighted by Crippen LogP contribution is 2.17. The number of hydrogen-bond donors (Lipinski definition) is 0. The molecule has 1 aliphatic heterocycles. The number of ether oxygens (including phenoxy) is 1. The Kier molecular flexibility index (Phi) is 2.83. The number of rotatable bonds is 2. The highest BCUT2D eigenvalue weighted by molar-refractivity contribution is 5.83. The Morgan fingerprint density at radius 1 is 1.82 bits per heavy atom. The van der Waals surface area contributed by atoms with E-state index in [0.717, 1.165) is 6.42 Å². The lowest BCUT2D eigenvalue weighted by Crippen LogP contribution is -2.33. The summed E-state index contributed by atoms with van der Waals surface area (Å²) in [6.07, 6.45) is 3.95. The van der Waals surface area contributed by atoms with Gasteiger partial charge in [0.05, 0.1) is 6.10 Å². The van der Waals surface area contributed by atoms with Crippen LogP contribution in [0.1, 0.15) is 26.2 Å². The van der Waals surface area contributed by atoms with Crippen LogP contribution < -0.4 is 0 Å². The van der Waals surface area contributed by atoms with Gasteiger partial charge in [-0.05, 0) is 19.8 Å². The van der Waals surface area contributed by atoms with Gasteiger partial charge in [-0.2, -0.15) is 0 Å². The topological polar surface area (TPSA) is 26.3 Å². The molecular formula is C9H14O2.